The van der Waals surface area contributed by atoms with Crippen molar-refractivity contribution in [2.24, 2.45) is 0 Å². The number of hydrogen-bond donors (Lipinski definition) is 0. The molecule has 0 radical (unpaired) electrons. The first-order valence-electron chi connectivity index (χ1n) is 8.81. The van der Waals surface area contributed by atoms with Gasteiger partial charge in [-0.05, 0) is 37.1 Å². The molecule has 5 nitrogen and oxygen atoms in total. The molecule has 0 unspecified atom stereocenters. The number of carbonyl (C=O) groups excluding carboxylic acids is 1. The topological polar surface area (TPSA) is 45.7 Å². The van der Waals surface area contributed by atoms with Gasteiger partial charge in [0.25, 0.3) is 5.91 Å². The Morgan fingerprint density at radius 1 is 1.36 bits per heavy atom. The van der Waals surface area contributed by atoms with Gasteiger partial charge in [-0.1, -0.05) is 6.07 Å². The third-order valence-corrected chi connectivity index (χ3v) is 6.04. The van der Waals surface area contributed by atoms with Crippen LogP contribution in [0.5, 0.6) is 0 Å². The van der Waals surface area contributed by atoms with Crippen molar-refractivity contribution < 1.29 is 9.53 Å². The first kappa shape index (κ1) is 16.7. The maximum atomic E-state index is 12.8. The van der Waals surface area contributed by atoms with Crippen LogP contribution in [0.25, 0.3) is 0 Å². The van der Waals surface area contributed by atoms with E-state index in [0.717, 1.165) is 44.1 Å². The summed E-state index contributed by atoms with van der Waals surface area (Å²) in [5.41, 5.74) is 1.21. The quantitative estimate of drug-likeness (QED) is 0.847. The second kappa shape index (κ2) is 7.23. The number of piperidine rings is 1. The Hall–Kier alpha value is -1.76. The molecule has 0 aromatic carbocycles. The molecular formula is C19H23N3O2S. The lowest BCUT2D eigenvalue weighted by Gasteiger charge is -2.47. The Kier molecular flexibility index (Phi) is 4.83. The van der Waals surface area contributed by atoms with Gasteiger partial charge in [-0.2, -0.15) is 0 Å². The molecule has 0 N–H and O–H groups in total. The number of rotatable bonds is 3. The number of likely N-dealkylation sites (tertiary alicyclic amines) is 1. The van der Waals surface area contributed by atoms with E-state index in [4.69, 9.17) is 4.74 Å². The maximum absolute atomic E-state index is 12.8. The molecule has 4 heterocycles. The highest BCUT2D eigenvalue weighted by atomic mass is 32.1. The summed E-state index contributed by atoms with van der Waals surface area (Å²) in [5.74, 6) is 0.156. The van der Waals surface area contributed by atoms with Crippen molar-refractivity contribution in [2.75, 3.05) is 26.2 Å². The van der Waals surface area contributed by atoms with Crippen LogP contribution in [0.1, 0.15) is 26.5 Å². The predicted octanol–water partition coefficient (Wildman–Crippen LogP) is 2.57. The smallest absolute Gasteiger partial charge is 0.263 e. The van der Waals surface area contributed by atoms with Crippen molar-refractivity contribution in [3.8, 4) is 0 Å². The van der Waals surface area contributed by atoms with Gasteiger partial charge in [0.05, 0.1) is 23.6 Å². The molecule has 2 aromatic rings. The Balaban J connectivity index is 1.48. The van der Waals surface area contributed by atoms with Crippen LogP contribution in [0, 0.1) is 6.92 Å². The third kappa shape index (κ3) is 3.61. The van der Waals surface area contributed by atoms with Crippen LogP contribution in [0.2, 0.25) is 0 Å². The van der Waals surface area contributed by atoms with Crippen molar-refractivity contribution in [3.63, 3.8) is 0 Å². The van der Waals surface area contributed by atoms with Crippen molar-refractivity contribution in [1.82, 2.24) is 14.8 Å². The van der Waals surface area contributed by atoms with Gasteiger partial charge in [0.2, 0.25) is 0 Å². The lowest BCUT2D eigenvalue weighted by molar-refractivity contribution is -0.101. The van der Waals surface area contributed by atoms with Crippen molar-refractivity contribution in [2.45, 2.75) is 32.0 Å². The molecule has 2 fully saturated rings. The summed E-state index contributed by atoms with van der Waals surface area (Å²) in [5, 5.41) is 0. The highest BCUT2D eigenvalue weighted by Crippen LogP contribution is 2.26. The summed E-state index contributed by atoms with van der Waals surface area (Å²) in [4.78, 5) is 23.5. The molecule has 25 heavy (non-hydrogen) atoms. The number of amides is 1. The second-order valence-electron chi connectivity index (χ2n) is 6.76. The van der Waals surface area contributed by atoms with Gasteiger partial charge in [0, 0.05) is 43.4 Å². The van der Waals surface area contributed by atoms with Crippen LogP contribution < -0.4 is 0 Å². The molecule has 2 aliphatic rings. The van der Waals surface area contributed by atoms with Crippen molar-refractivity contribution >= 4 is 17.2 Å². The summed E-state index contributed by atoms with van der Waals surface area (Å²) in [6.07, 6.45) is 4.85. The zero-order valence-electron chi connectivity index (χ0n) is 14.4. The average molecular weight is 357 g/mol. The number of thiophene rings is 1. The Bertz CT molecular complexity index is 733. The minimum Gasteiger partial charge on any atom is -0.375 e. The summed E-state index contributed by atoms with van der Waals surface area (Å²) in [7, 11) is 0. The molecule has 2 atom stereocenters. The van der Waals surface area contributed by atoms with E-state index in [1.54, 1.807) is 17.5 Å². The van der Waals surface area contributed by atoms with Crippen molar-refractivity contribution in [3.05, 3.63) is 52.0 Å². The Labute approximate surface area is 152 Å². The van der Waals surface area contributed by atoms with Gasteiger partial charge in [-0.3, -0.25) is 14.7 Å². The minimum atomic E-state index is 0.156. The highest BCUT2D eigenvalue weighted by Gasteiger charge is 2.38. The lowest BCUT2D eigenvalue weighted by atomic mass is 9.98. The number of carbonyl (C=O) groups is 1. The Morgan fingerprint density at radius 2 is 2.28 bits per heavy atom. The molecule has 132 valence electrons. The van der Waals surface area contributed by atoms with E-state index >= 15 is 0 Å². The standard InChI is InChI=1S/C19H23N3O2S/c1-14-4-5-18(25-14)19(23)22-8-6-17-16(13-22)21(9-10-24-17)12-15-3-2-7-20-11-15/h2-5,7,11,16-17H,6,8-10,12-13H2,1H3/t16-,17+/m1/s1. The summed E-state index contributed by atoms with van der Waals surface area (Å²) in [6.45, 7) is 6.07. The molecular weight excluding hydrogens is 334 g/mol. The average Bonchev–Trinajstić information content (AvgIpc) is 3.08. The van der Waals surface area contributed by atoms with E-state index in [1.807, 2.05) is 36.2 Å². The number of ether oxygens (including phenoxy) is 1. The molecule has 0 saturated carbocycles. The monoisotopic (exact) mass is 357 g/mol. The van der Waals surface area contributed by atoms with E-state index < -0.39 is 0 Å². The molecule has 0 bridgehead atoms. The van der Waals surface area contributed by atoms with Crippen LogP contribution in [0.15, 0.2) is 36.7 Å². The van der Waals surface area contributed by atoms with E-state index in [2.05, 4.69) is 16.0 Å². The molecule has 1 amide bonds. The molecule has 2 aliphatic heterocycles. The van der Waals surface area contributed by atoms with Crippen LogP contribution >= 0.6 is 11.3 Å². The van der Waals surface area contributed by atoms with E-state index in [0.29, 0.717) is 0 Å². The second-order valence-corrected chi connectivity index (χ2v) is 8.05. The van der Waals surface area contributed by atoms with E-state index in [9.17, 15) is 4.79 Å². The van der Waals surface area contributed by atoms with Gasteiger partial charge in [-0.25, -0.2) is 0 Å². The lowest BCUT2D eigenvalue weighted by Crippen LogP contribution is -2.60. The van der Waals surface area contributed by atoms with Crippen LogP contribution in [0.3, 0.4) is 0 Å². The van der Waals surface area contributed by atoms with Gasteiger partial charge in [0.15, 0.2) is 0 Å². The van der Waals surface area contributed by atoms with Crippen LogP contribution in [-0.2, 0) is 11.3 Å². The highest BCUT2D eigenvalue weighted by molar-refractivity contribution is 7.13. The molecule has 2 aromatic heterocycles. The van der Waals surface area contributed by atoms with Gasteiger partial charge in [-0.15, -0.1) is 11.3 Å². The Morgan fingerprint density at radius 3 is 3.04 bits per heavy atom. The van der Waals surface area contributed by atoms with Crippen LogP contribution in [0.4, 0.5) is 0 Å². The fraction of sp³-hybridized carbons (Fsp3) is 0.474. The number of aromatic nitrogens is 1. The first-order valence-corrected chi connectivity index (χ1v) is 9.62. The zero-order valence-corrected chi connectivity index (χ0v) is 15.2. The van der Waals surface area contributed by atoms with Gasteiger partial charge >= 0.3 is 0 Å². The normalized spacial score (nSPS) is 24.1. The maximum Gasteiger partial charge on any atom is 0.263 e. The molecule has 4 rings (SSSR count). The number of morpholine rings is 1. The fourth-order valence-electron chi connectivity index (χ4n) is 3.75. The molecule has 0 aliphatic carbocycles. The summed E-state index contributed by atoms with van der Waals surface area (Å²) >= 11 is 1.58. The van der Waals surface area contributed by atoms with Gasteiger partial charge in [0.1, 0.15) is 0 Å². The molecule has 0 spiro atoms. The summed E-state index contributed by atoms with van der Waals surface area (Å²) in [6, 6.07) is 8.30. The molecule has 2 saturated heterocycles. The number of pyridine rings is 1. The molecule has 6 heteroatoms. The number of nitrogens with zero attached hydrogens (tertiary/aromatic N) is 3. The predicted molar refractivity (Wildman–Crippen MR) is 97.8 cm³/mol. The van der Waals surface area contributed by atoms with Crippen LogP contribution in [-0.4, -0.2) is 59.1 Å². The largest absolute Gasteiger partial charge is 0.375 e. The zero-order chi connectivity index (χ0) is 17.2. The van der Waals surface area contributed by atoms with Gasteiger partial charge < -0.3 is 9.64 Å². The van der Waals surface area contributed by atoms with E-state index in [1.165, 1.54) is 10.4 Å². The number of hydrogen-bond acceptors (Lipinski definition) is 5. The van der Waals surface area contributed by atoms with E-state index in [-0.39, 0.29) is 18.1 Å². The fourth-order valence-corrected chi connectivity index (χ4v) is 4.59. The van der Waals surface area contributed by atoms with Crippen molar-refractivity contribution in [1.29, 1.82) is 0 Å². The summed E-state index contributed by atoms with van der Waals surface area (Å²) < 4.78 is 6.00. The first-order chi connectivity index (χ1) is 12.2. The number of aryl methyl sites for hydroxylation is 1. The third-order valence-electron chi connectivity index (χ3n) is 5.05. The minimum absolute atomic E-state index is 0.156. The number of fused-ring (bicyclic) bond motifs is 1. The SMILES string of the molecule is Cc1ccc(C(=O)N2CC[C@@H]3OCCN(Cc4cccnc4)[C@@H]3C2)s1.